The number of carbonyl (C=O) groups is 1. The van der Waals surface area contributed by atoms with Crippen molar-refractivity contribution < 1.29 is 4.79 Å². The maximum atomic E-state index is 11.8. The summed E-state index contributed by atoms with van der Waals surface area (Å²) in [4.78, 5) is 14.1. The summed E-state index contributed by atoms with van der Waals surface area (Å²) in [5.41, 5.74) is 0.779. The molecule has 0 saturated heterocycles. The number of nitrogens with zero attached hydrogens (tertiary/aromatic N) is 1. The number of anilines is 1. The van der Waals surface area contributed by atoms with E-state index in [2.05, 4.69) is 59.2 Å². The average Bonchev–Trinajstić information content (AvgIpc) is 2.33. The highest BCUT2D eigenvalue weighted by Crippen LogP contribution is 2.15. The first-order valence-corrected chi connectivity index (χ1v) is 7.75. The summed E-state index contributed by atoms with van der Waals surface area (Å²) in [5, 5.41) is 5.70. The van der Waals surface area contributed by atoms with E-state index in [0.29, 0.717) is 18.6 Å². The fourth-order valence-electron chi connectivity index (χ4n) is 2.15. The molecule has 0 unspecified atom stereocenters. The fourth-order valence-corrected chi connectivity index (χ4v) is 2.55. The third kappa shape index (κ3) is 5.92. The smallest absolute Gasteiger partial charge is 0.319 e. The number of hydrogen-bond donors (Lipinski definition) is 2. The lowest BCUT2D eigenvalue weighted by molar-refractivity contribution is 0.176. The van der Waals surface area contributed by atoms with E-state index in [9.17, 15) is 4.79 Å². The number of urea groups is 1. The van der Waals surface area contributed by atoms with Crippen LogP contribution in [0.3, 0.4) is 0 Å². The van der Waals surface area contributed by atoms with Gasteiger partial charge >= 0.3 is 6.03 Å². The van der Waals surface area contributed by atoms with E-state index in [0.717, 1.165) is 16.7 Å². The predicted molar refractivity (Wildman–Crippen MR) is 88.1 cm³/mol. The number of halogens is 1. The summed E-state index contributed by atoms with van der Waals surface area (Å²) in [6, 6.07) is 8.32. The first-order chi connectivity index (χ1) is 9.40. The monoisotopic (exact) mass is 341 g/mol. The van der Waals surface area contributed by atoms with Gasteiger partial charge < -0.3 is 10.6 Å². The Labute approximate surface area is 130 Å². The number of amides is 2. The Kier molecular flexibility index (Phi) is 7.02. The zero-order chi connectivity index (χ0) is 15.1. The molecule has 0 heterocycles. The first-order valence-electron chi connectivity index (χ1n) is 6.96. The van der Waals surface area contributed by atoms with Crippen LogP contribution < -0.4 is 10.6 Å². The number of hydrogen-bond acceptors (Lipinski definition) is 2. The van der Waals surface area contributed by atoms with Gasteiger partial charge in [0.1, 0.15) is 0 Å². The second-order valence-corrected chi connectivity index (χ2v) is 6.23. The van der Waals surface area contributed by atoms with Crippen LogP contribution in [0.15, 0.2) is 28.7 Å². The lowest BCUT2D eigenvalue weighted by Gasteiger charge is -2.30. The van der Waals surface area contributed by atoms with Crippen LogP contribution in [0.4, 0.5) is 10.5 Å². The normalized spacial score (nSPS) is 11.2. The van der Waals surface area contributed by atoms with Crippen LogP contribution in [-0.2, 0) is 0 Å². The molecule has 20 heavy (non-hydrogen) atoms. The van der Waals surface area contributed by atoms with Crippen molar-refractivity contribution in [3.8, 4) is 0 Å². The van der Waals surface area contributed by atoms with Gasteiger partial charge in [0.25, 0.3) is 0 Å². The van der Waals surface area contributed by atoms with Gasteiger partial charge in [-0.25, -0.2) is 4.79 Å². The highest BCUT2D eigenvalue weighted by Gasteiger charge is 2.12. The Morgan fingerprint density at radius 1 is 1.25 bits per heavy atom. The maximum Gasteiger partial charge on any atom is 0.319 e. The van der Waals surface area contributed by atoms with Gasteiger partial charge in [0.15, 0.2) is 0 Å². The lowest BCUT2D eigenvalue weighted by Crippen LogP contribution is -2.43. The Hall–Kier alpha value is -1.07. The molecule has 0 spiro atoms. The van der Waals surface area contributed by atoms with Crippen molar-refractivity contribution >= 4 is 27.6 Å². The van der Waals surface area contributed by atoms with Crippen molar-refractivity contribution in [1.82, 2.24) is 10.2 Å². The molecule has 0 bridgehead atoms. The molecule has 2 amide bonds. The van der Waals surface area contributed by atoms with Gasteiger partial charge in [0, 0.05) is 35.3 Å². The summed E-state index contributed by atoms with van der Waals surface area (Å²) >= 11 is 3.38. The predicted octanol–water partition coefficient (Wildman–Crippen LogP) is 3.69. The molecule has 0 fully saturated rings. The van der Waals surface area contributed by atoms with E-state index in [4.69, 9.17) is 0 Å². The van der Waals surface area contributed by atoms with Gasteiger partial charge in [-0.3, -0.25) is 4.90 Å². The van der Waals surface area contributed by atoms with Crippen molar-refractivity contribution in [2.45, 2.75) is 39.8 Å². The van der Waals surface area contributed by atoms with Crippen LogP contribution in [0.1, 0.15) is 27.7 Å². The summed E-state index contributed by atoms with van der Waals surface area (Å²) in [6.45, 7) is 10.2. The lowest BCUT2D eigenvalue weighted by atomic mass is 10.2. The Bertz CT molecular complexity index is 427. The molecule has 0 aromatic heterocycles. The van der Waals surface area contributed by atoms with Gasteiger partial charge in [-0.15, -0.1) is 0 Å². The van der Waals surface area contributed by atoms with E-state index in [1.165, 1.54) is 0 Å². The summed E-state index contributed by atoms with van der Waals surface area (Å²) in [6.07, 6.45) is 0. The van der Waals surface area contributed by atoms with Crippen LogP contribution in [0.25, 0.3) is 0 Å². The molecule has 4 nitrogen and oxygen atoms in total. The second kappa shape index (κ2) is 8.27. The van der Waals surface area contributed by atoms with Crippen LogP contribution in [0.2, 0.25) is 0 Å². The van der Waals surface area contributed by atoms with E-state index in [-0.39, 0.29) is 6.03 Å². The second-order valence-electron chi connectivity index (χ2n) is 5.32. The number of carbonyl (C=O) groups excluding carboxylic acids is 1. The topological polar surface area (TPSA) is 44.4 Å². The highest BCUT2D eigenvalue weighted by atomic mass is 79.9. The highest BCUT2D eigenvalue weighted by molar-refractivity contribution is 9.10. The number of benzene rings is 1. The minimum atomic E-state index is -0.171. The molecule has 0 aliphatic rings. The van der Waals surface area contributed by atoms with Gasteiger partial charge in [-0.1, -0.05) is 22.0 Å². The molecule has 0 saturated carbocycles. The van der Waals surface area contributed by atoms with Crippen LogP contribution in [0, 0.1) is 0 Å². The first kappa shape index (κ1) is 17.0. The number of nitrogens with one attached hydrogen (secondary N) is 2. The van der Waals surface area contributed by atoms with Crippen LogP contribution in [-0.4, -0.2) is 36.1 Å². The van der Waals surface area contributed by atoms with Crippen LogP contribution in [0.5, 0.6) is 0 Å². The fraction of sp³-hybridized carbons (Fsp3) is 0.533. The molecular weight excluding hydrogens is 318 g/mol. The van der Waals surface area contributed by atoms with Crippen molar-refractivity contribution in [1.29, 1.82) is 0 Å². The summed E-state index contributed by atoms with van der Waals surface area (Å²) in [5.74, 6) is 0. The molecule has 5 heteroatoms. The van der Waals surface area contributed by atoms with E-state index < -0.39 is 0 Å². The van der Waals surface area contributed by atoms with Gasteiger partial charge in [0.2, 0.25) is 0 Å². The third-order valence-corrected chi connectivity index (χ3v) is 3.56. The zero-order valence-electron chi connectivity index (χ0n) is 12.6. The average molecular weight is 342 g/mol. The van der Waals surface area contributed by atoms with Gasteiger partial charge in [-0.05, 0) is 45.9 Å². The summed E-state index contributed by atoms with van der Waals surface area (Å²) < 4.78 is 0.945. The van der Waals surface area contributed by atoms with Gasteiger partial charge in [-0.2, -0.15) is 0 Å². The maximum absolute atomic E-state index is 11.8. The molecule has 0 aliphatic heterocycles. The van der Waals surface area contributed by atoms with Crippen molar-refractivity contribution in [3.63, 3.8) is 0 Å². The van der Waals surface area contributed by atoms with E-state index in [1.54, 1.807) is 0 Å². The van der Waals surface area contributed by atoms with Gasteiger partial charge in [0.05, 0.1) is 0 Å². The largest absolute Gasteiger partial charge is 0.337 e. The molecular formula is C15H24BrN3O. The molecule has 1 aromatic rings. The molecule has 1 aromatic carbocycles. The summed E-state index contributed by atoms with van der Waals surface area (Å²) in [7, 11) is 0. The molecule has 0 radical (unpaired) electrons. The Morgan fingerprint density at radius 3 is 2.45 bits per heavy atom. The van der Waals surface area contributed by atoms with E-state index in [1.807, 2.05) is 24.3 Å². The SMILES string of the molecule is CC(C)N(CCNC(=O)Nc1cccc(Br)c1)C(C)C. The van der Waals surface area contributed by atoms with Crippen molar-refractivity contribution in [2.24, 2.45) is 0 Å². The minimum Gasteiger partial charge on any atom is -0.337 e. The standard InChI is InChI=1S/C15H24BrN3O/c1-11(2)19(12(3)4)9-8-17-15(20)18-14-7-5-6-13(16)10-14/h5-7,10-12H,8-9H2,1-4H3,(H2,17,18,20). The third-order valence-electron chi connectivity index (χ3n) is 3.06. The zero-order valence-corrected chi connectivity index (χ0v) is 14.2. The molecule has 112 valence electrons. The van der Waals surface area contributed by atoms with Crippen LogP contribution >= 0.6 is 15.9 Å². The molecule has 1 rings (SSSR count). The number of rotatable bonds is 6. The molecule has 0 aliphatic carbocycles. The minimum absolute atomic E-state index is 0.171. The van der Waals surface area contributed by atoms with Crippen molar-refractivity contribution in [3.05, 3.63) is 28.7 Å². The van der Waals surface area contributed by atoms with Crippen molar-refractivity contribution in [2.75, 3.05) is 18.4 Å². The Morgan fingerprint density at radius 2 is 1.90 bits per heavy atom. The Balaban J connectivity index is 2.36. The quantitative estimate of drug-likeness (QED) is 0.828. The molecule has 2 N–H and O–H groups in total. The molecule has 0 atom stereocenters. The van der Waals surface area contributed by atoms with E-state index >= 15 is 0 Å².